The van der Waals surface area contributed by atoms with Gasteiger partial charge in [-0.05, 0) is 19.1 Å². The number of nitrogens with zero attached hydrogens (tertiary/aromatic N) is 2. The number of aromatic nitrogens is 2. The molecule has 1 aromatic heterocycles. The van der Waals surface area contributed by atoms with Crippen LogP contribution in [0.25, 0.3) is 11.3 Å². The molecule has 80 valence electrons. The van der Waals surface area contributed by atoms with Crippen molar-refractivity contribution in [3.8, 4) is 11.3 Å². The summed E-state index contributed by atoms with van der Waals surface area (Å²) in [7, 11) is 0. The maximum Gasteiger partial charge on any atom is 0.161 e. The van der Waals surface area contributed by atoms with E-state index in [4.69, 9.17) is 11.6 Å². The smallest absolute Gasteiger partial charge is 0.161 e. The van der Waals surface area contributed by atoms with Gasteiger partial charge in [-0.3, -0.25) is 14.8 Å². The molecule has 0 saturated carbocycles. The van der Waals surface area contributed by atoms with Crippen LogP contribution in [0.1, 0.15) is 17.3 Å². The molecule has 0 unspecified atom stereocenters. The first-order valence-electron chi connectivity index (χ1n) is 4.75. The second-order valence-electron chi connectivity index (χ2n) is 3.34. The van der Waals surface area contributed by atoms with Crippen molar-refractivity contribution < 1.29 is 4.79 Å². The van der Waals surface area contributed by atoms with Gasteiger partial charge in [0.1, 0.15) is 0 Å². The van der Waals surface area contributed by atoms with Gasteiger partial charge in [-0.2, -0.15) is 0 Å². The number of carbonyl (C=O) groups is 1. The van der Waals surface area contributed by atoms with Crippen molar-refractivity contribution in [1.82, 2.24) is 9.97 Å². The Labute approximate surface area is 98.1 Å². The lowest BCUT2D eigenvalue weighted by Crippen LogP contribution is -1.94. The van der Waals surface area contributed by atoms with Crippen LogP contribution in [0.3, 0.4) is 0 Å². The predicted molar refractivity (Wildman–Crippen MR) is 62.5 cm³/mol. The van der Waals surface area contributed by atoms with Gasteiger partial charge >= 0.3 is 0 Å². The Balaban J connectivity index is 2.46. The van der Waals surface area contributed by atoms with Crippen LogP contribution in [0, 0.1) is 0 Å². The molecular formula is C12H9ClN2O. The fourth-order valence-electron chi connectivity index (χ4n) is 1.41. The van der Waals surface area contributed by atoms with Gasteiger partial charge in [0.2, 0.25) is 0 Å². The van der Waals surface area contributed by atoms with E-state index in [1.54, 1.807) is 30.7 Å². The summed E-state index contributed by atoms with van der Waals surface area (Å²) in [4.78, 5) is 19.3. The Morgan fingerprint density at radius 2 is 2.12 bits per heavy atom. The zero-order valence-corrected chi connectivity index (χ0v) is 9.40. The molecule has 16 heavy (non-hydrogen) atoms. The summed E-state index contributed by atoms with van der Waals surface area (Å²) in [5.74, 6) is -0.0457. The van der Waals surface area contributed by atoms with E-state index in [0.29, 0.717) is 10.6 Å². The second-order valence-corrected chi connectivity index (χ2v) is 3.75. The summed E-state index contributed by atoms with van der Waals surface area (Å²) < 4.78 is 0. The van der Waals surface area contributed by atoms with E-state index in [9.17, 15) is 4.79 Å². The van der Waals surface area contributed by atoms with E-state index in [1.807, 2.05) is 6.07 Å². The van der Waals surface area contributed by atoms with Gasteiger partial charge < -0.3 is 0 Å². The fourth-order valence-corrected chi connectivity index (χ4v) is 1.72. The van der Waals surface area contributed by atoms with Gasteiger partial charge in [-0.1, -0.05) is 17.7 Å². The predicted octanol–water partition coefficient (Wildman–Crippen LogP) is 3.00. The average Bonchev–Trinajstić information content (AvgIpc) is 2.29. The van der Waals surface area contributed by atoms with Gasteiger partial charge in [-0.15, -0.1) is 0 Å². The molecule has 2 rings (SSSR count). The van der Waals surface area contributed by atoms with Crippen LogP contribution in [-0.4, -0.2) is 15.8 Å². The number of Topliss-reactive ketones (excluding diaryl/α,β-unsaturated/α-hetero) is 1. The number of benzene rings is 1. The molecule has 0 saturated heterocycles. The van der Waals surface area contributed by atoms with Gasteiger partial charge in [0.25, 0.3) is 0 Å². The van der Waals surface area contributed by atoms with E-state index in [-0.39, 0.29) is 5.78 Å². The maximum atomic E-state index is 11.2. The quantitative estimate of drug-likeness (QED) is 0.748. The third-order valence-corrected chi connectivity index (χ3v) is 2.52. The first-order valence-corrected chi connectivity index (χ1v) is 5.13. The Kier molecular flexibility index (Phi) is 2.97. The SMILES string of the molecule is CC(=O)c1ccc(-c2cnccn2)cc1Cl. The van der Waals surface area contributed by atoms with Gasteiger partial charge in [0, 0.05) is 23.5 Å². The van der Waals surface area contributed by atoms with Crippen molar-refractivity contribution in [3.63, 3.8) is 0 Å². The zero-order chi connectivity index (χ0) is 11.5. The van der Waals surface area contributed by atoms with E-state index in [1.165, 1.54) is 6.92 Å². The van der Waals surface area contributed by atoms with Crippen LogP contribution in [0.4, 0.5) is 0 Å². The normalized spacial score (nSPS) is 10.1. The molecule has 0 aliphatic carbocycles. The Morgan fingerprint density at radius 1 is 1.31 bits per heavy atom. The van der Waals surface area contributed by atoms with E-state index in [0.717, 1.165) is 11.3 Å². The lowest BCUT2D eigenvalue weighted by molar-refractivity contribution is 0.101. The molecule has 1 heterocycles. The summed E-state index contributed by atoms with van der Waals surface area (Å²) >= 11 is 6.01. The standard InChI is InChI=1S/C12H9ClN2O/c1-8(16)10-3-2-9(6-11(10)13)12-7-14-4-5-15-12/h2-7H,1H3. The summed E-state index contributed by atoms with van der Waals surface area (Å²) in [6, 6.07) is 5.24. The number of ketones is 1. The monoisotopic (exact) mass is 232 g/mol. The van der Waals surface area contributed by atoms with Crippen molar-refractivity contribution in [3.05, 3.63) is 47.4 Å². The van der Waals surface area contributed by atoms with E-state index >= 15 is 0 Å². The largest absolute Gasteiger partial charge is 0.294 e. The number of hydrogen-bond donors (Lipinski definition) is 0. The highest BCUT2D eigenvalue weighted by Crippen LogP contribution is 2.24. The van der Waals surface area contributed by atoms with Gasteiger partial charge in [0.05, 0.1) is 16.9 Å². The average molecular weight is 233 g/mol. The molecule has 1 aromatic carbocycles. The first kappa shape index (κ1) is 10.8. The maximum absolute atomic E-state index is 11.2. The minimum Gasteiger partial charge on any atom is -0.294 e. The highest BCUT2D eigenvalue weighted by molar-refractivity contribution is 6.34. The molecule has 2 aromatic rings. The van der Waals surface area contributed by atoms with Crippen molar-refractivity contribution >= 4 is 17.4 Å². The van der Waals surface area contributed by atoms with Crippen molar-refractivity contribution in [2.45, 2.75) is 6.92 Å². The molecule has 0 atom stereocenters. The van der Waals surface area contributed by atoms with Gasteiger partial charge in [0.15, 0.2) is 5.78 Å². The van der Waals surface area contributed by atoms with E-state index in [2.05, 4.69) is 9.97 Å². The number of carbonyl (C=O) groups excluding carboxylic acids is 1. The van der Waals surface area contributed by atoms with Crippen LogP contribution in [0.15, 0.2) is 36.8 Å². The van der Waals surface area contributed by atoms with Crippen LogP contribution in [0.2, 0.25) is 5.02 Å². The fraction of sp³-hybridized carbons (Fsp3) is 0.0833. The Morgan fingerprint density at radius 3 is 2.69 bits per heavy atom. The van der Waals surface area contributed by atoms with Crippen molar-refractivity contribution in [1.29, 1.82) is 0 Å². The third kappa shape index (κ3) is 2.09. The minimum atomic E-state index is -0.0457. The molecule has 0 aliphatic heterocycles. The Hall–Kier alpha value is -1.74. The van der Waals surface area contributed by atoms with Crippen molar-refractivity contribution in [2.24, 2.45) is 0 Å². The number of rotatable bonds is 2. The first-order chi connectivity index (χ1) is 7.68. The minimum absolute atomic E-state index is 0.0457. The lowest BCUT2D eigenvalue weighted by atomic mass is 10.1. The molecule has 4 heteroatoms. The van der Waals surface area contributed by atoms with E-state index < -0.39 is 0 Å². The third-order valence-electron chi connectivity index (χ3n) is 2.21. The lowest BCUT2D eigenvalue weighted by Gasteiger charge is -2.03. The van der Waals surface area contributed by atoms with Crippen LogP contribution in [-0.2, 0) is 0 Å². The second kappa shape index (κ2) is 4.41. The Bertz CT molecular complexity index is 526. The van der Waals surface area contributed by atoms with Crippen LogP contribution < -0.4 is 0 Å². The number of hydrogen-bond acceptors (Lipinski definition) is 3. The summed E-state index contributed by atoms with van der Waals surface area (Å²) in [6.45, 7) is 1.49. The molecule has 0 bridgehead atoms. The molecular weight excluding hydrogens is 224 g/mol. The summed E-state index contributed by atoms with van der Waals surface area (Å²) in [5.41, 5.74) is 2.11. The van der Waals surface area contributed by atoms with Crippen LogP contribution in [0.5, 0.6) is 0 Å². The molecule has 3 nitrogen and oxygen atoms in total. The summed E-state index contributed by atoms with van der Waals surface area (Å²) in [6.07, 6.45) is 4.87. The molecule has 0 radical (unpaired) electrons. The molecule has 0 amide bonds. The highest BCUT2D eigenvalue weighted by atomic mass is 35.5. The zero-order valence-electron chi connectivity index (χ0n) is 8.64. The molecule has 0 N–H and O–H groups in total. The molecule has 0 spiro atoms. The van der Waals surface area contributed by atoms with Crippen LogP contribution >= 0.6 is 11.6 Å². The molecule has 0 aliphatic rings. The van der Waals surface area contributed by atoms with Gasteiger partial charge in [-0.25, -0.2) is 0 Å². The topological polar surface area (TPSA) is 42.9 Å². The van der Waals surface area contributed by atoms with Crippen molar-refractivity contribution in [2.75, 3.05) is 0 Å². The molecule has 0 fully saturated rings. The number of halogens is 1. The summed E-state index contributed by atoms with van der Waals surface area (Å²) in [5, 5.41) is 0.440. The highest BCUT2D eigenvalue weighted by Gasteiger charge is 2.07.